The molecule has 2 aliphatic carbocycles. The molecule has 0 spiro atoms. The summed E-state index contributed by atoms with van der Waals surface area (Å²) in [5.74, 6) is 0. The number of hydrogen-bond acceptors (Lipinski definition) is 0. The van der Waals surface area contributed by atoms with Gasteiger partial charge in [-0.05, 0) is 0 Å². The van der Waals surface area contributed by atoms with Gasteiger partial charge in [0, 0.05) is 0 Å². The first-order chi connectivity index (χ1) is 8.93. The zero-order chi connectivity index (χ0) is 12.2. The minimum absolute atomic E-state index is 1.21. The summed E-state index contributed by atoms with van der Waals surface area (Å²) >= 11 is -1.61. The van der Waals surface area contributed by atoms with Crippen LogP contribution < -0.4 is 0 Å². The van der Waals surface area contributed by atoms with Crippen molar-refractivity contribution < 1.29 is 21.8 Å². The molecule has 0 fully saturated rings. The zero-order valence-electron chi connectivity index (χ0n) is 10.5. The Labute approximate surface area is 117 Å². The zero-order valence-corrected chi connectivity index (χ0v) is 12.9. The third-order valence-electron chi connectivity index (χ3n) is 3.54. The van der Waals surface area contributed by atoms with Crippen molar-refractivity contribution in [2.45, 2.75) is 17.0 Å². The molecule has 3 rings (SSSR count). The van der Waals surface area contributed by atoms with Gasteiger partial charge in [-0.1, -0.05) is 0 Å². The van der Waals surface area contributed by atoms with Gasteiger partial charge in [0.1, 0.15) is 0 Å². The molecule has 0 atom stereocenters. The van der Waals surface area contributed by atoms with Crippen LogP contribution in [0.1, 0.15) is 18.4 Å². The van der Waals surface area contributed by atoms with E-state index in [1.807, 2.05) is 0 Å². The first-order valence-corrected chi connectivity index (χ1v) is 10.7. The van der Waals surface area contributed by atoms with Crippen molar-refractivity contribution >= 4 is 0 Å². The fourth-order valence-corrected chi connectivity index (χ4v) is 9.54. The Bertz CT molecular complexity index is 502. The topological polar surface area (TPSA) is 0 Å². The van der Waals surface area contributed by atoms with Crippen LogP contribution in [0.3, 0.4) is 0 Å². The molecule has 0 aliphatic heterocycles. The number of allylic oxidation sites excluding steroid dienone is 8. The summed E-state index contributed by atoms with van der Waals surface area (Å²) in [7, 11) is 0. The fraction of sp³-hybridized carbons (Fsp3) is 0.176. The summed E-state index contributed by atoms with van der Waals surface area (Å²) in [4.78, 5) is 0. The van der Waals surface area contributed by atoms with Gasteiger partial charge in [0.25, 0.3) is 0 Å². The molecular weight excluding hydrogens is 295 g/mol. The van der Waals surface area contributed by atoms with E-state index in [1.54, 1.807) is 6.56 Å². The molecule has 0 unspecified atom stereocenters. The SMILES string of the molecule is C1=CC[C]([Zr]([CH2]c2ccccc2)[C]2=CC=CC2)=C1. The second-order valence-corrected chi connectivity index (χ2v) is 11.2. The van der Waals surface area contributed by atoms with Crippen molar-refractivity contribution in [1.29, 1.82) is 0 Å². The molecule has 0 nitrogen and oxygen atoms in total. The van der Waals surface area contributed by atoms with E-state index in [2.05, 4.69) is 66.8 Å². The van der Waals surface area contributed by atoms with Gasteiger partial charge in [-0.3, -0.25) is 0 Å². The molecule has 0 amide bonds. The summed E-state index contributed by atoms with van der Waals surface area (Å²) in [5.41, 5.74) is 1.52. The molecule has 0 aromatic heterocycles. The molecule has 0 saturated heterocycles. The summed E-state index contributed by atoms with van der Waals surface area (Å²) < 4.78 is 4.84. The Morgan fingerprint density at radius 2 is 1.44 bits per heavy atom. The summed E-state index contributed by atoms with van der Waals surface area (Å²) in [6.45, 7) is 0. The van der Waals surface area contributed by atoms with Gasteiger partial charge in [-0.15, -0.1) is 0 Å². The van der Waals surface area contributed by atoms with Crippen LogP contribution in [0.2, 0.25) is 0 Å². The molecule has 0 saturated carbocycles. The standard InChI is InChI=1S/C7H7.2C5H5.Zr/c1-7-5-3-2-4-6-7;2*1-2-4-5-3-1;/h2-6H,1H2;2*1-3H,4H2;. The molecule has 1 aromatic rings. The van der Waals surface area contributed by atoms with Crippen molar-refractivity contribution in [3.63, 3.8) is 0 Å². The maximum absolute atomic E-state index is 2.39. The van der Waals surface area contributed by atoms with Crippen LogP contribution in [0.15, 0.2) is 73.3 Å². The van der Waals surface area contributed by atoms with Gasteiger partial charge < -0.3 is 0 Å². The monoisotopic (exact) mass is 311 g/mol. The summed E-state index contributed by atoms with van der Waals surface area (Å²) in [6, 6.07) is 11.0. The molecule has 0 N–H and O–H groups in total. The second-order valence-electron chi connectivity index (χ2n) is 4.79. The van der Waals surface area contributed by atoms with Crippen LogP contribution in [0.4, 0.5) is 0 Å². The molecule has 18 heavy (non-hydrogen) atoms. The Balaban J connectivity index is 1.82. The van der Waals surface area contributed by atoms with Gasteiger partial charge in [0.05, 0.1) is 0 Å². The summed E-state index contributed by atoms with van der Waals surface area (Å²) in [5, 5.41) is 0. The van der Waals surface area contributed by atoms with E-state index < -0.39 is 21.8 Å². The first kappa shape index (κ1) is 12.1. The molecule has 0 bridgehead atoms. The van der Waals surface area contributed by atoms with Crippen molar-refractivity contribution in [1.82, 2.24) is 0 Å². The minimum atomic E-state index is -1.61. The second kappa shape index (κ2) is 5.80. The van der Waals surface area contributed by atoms with Gasteiger partial charge >= 0.3 is 118 Å². The average Bonchev–Trinajstić information content (AvgIpc) is 3.11. The predicted octanol–water partition coefficient (Wildman–Crippen LogP) is 4.49. The van der Waals surface area contributed by atoms with E-state index >= 15 is 0 Å². The number of hydrogen-bond donors (Lipinski definition) is 0. The molecular formula is C17H17Zr. The quantitative estimate of drug-likeness (QED) is 0.768. The molecule has 0 radical (unpaired) electrons. The van der Waals surface area contributed by atoms with Crippen molar-refractivity contribution in [3.05, 3.63) is 78.9 Å². The normalized spacial score (nSPS) is 16.9. The van der Waals surface area contributed by atoms with Crippen LogP contribution >= 0.6 is 0 Å². The third-order valence-corrected chi connectivity index (χ3v) is 11.0. The molecule has 1 aromatic carbocycles. The number of benzene rings is 1. The Morgan fingerprint density at radius 3 is 1.94 bits per heavy atom. The van der Waals surface area contributed by atoms with Crippen molar-refractivity contribution in [2.24, 2.45) is 0 Å². The predicted molar refractivity (Wildman–Crippen MR) is 73.8 cm³/mol. The Kier molecular flexibility index (Phi) is 3.91. The molecule has 0 heterocycles. The Hall–Kier alpha value is -0.937. The molecule has 1 heteroatoms. The van der Waals surface area contributed by atoms with E-state index in [1.165, 1.54) is 22.5 Å². The van der Waals surface area contributed by atoms with Gasteiger partial charge in [-0.25, -0.2) is 0 Å². The van der Waals surface area contributed by atoms with Crippen LogP contribution in [0.25, 0.3) is 0 Å². The van der Waals surface area contributed by atoms with Crippen LogP contribution in [-0.2, 0) is 25.9 Å². The third kappa shape index (κ3) is 2.73. The first-order valence-electron chi connectivity index (χ1n) is 6.55. The molecule has 2 aliphatic rings. The van der Waals surface area contributed by atoms with Crippen molar-refractivity contribution in [3.8, 4) is 0 Å². The van der Waals surface area contributed by atoms with Crippen molar-refractivity contribution in [2.75, 3.05) is 0 Å². The van der Waals surface area contributed by atoms with E-state index in [4.69, 9.17) is 0 Å². The van der Waals surface area contributed by atoms with Gasteiger partial charge in [0.2, 0.25) is 0 Å². The van der Waals surface area contributed by atoms with Gasteiger partial charge in [0.15, 0.2) is 0 Å². The Morgan fingerprint density at radius 1 is 0.833 bits per heavy atom. The summed E-state index contributed by atoms with van der Waals surface area (Å²) in [6.07, 6.45) is 16.3. The van der Waals surface area contributed by atoms with Crippen LogP contribution in [0.5, 0.6) is 0 Å². The van der Waals surface area contributed by atoms with Crippen LogP contribution in [0, 0.1) is 0 Å². The number of rotatable bonds is 4. The van der Waals surface area contributed by atoms with E-state index in [-0.39, 0.29) is 0 Å². The maximum atomic E-state index is 2.39. The van der Waals surface area contributed by atoms with Gasteiger partial charge in [-0.2, -0.15) is 0 Å². The average molecular weight is 313 g/mol. The van der Waals surface area contributed by atoms with E-state index in [9.17, 15) is 0 Å². The van der Waals surface area contributed by atoms with E-state index in [0.29, 0.717) is 0 Å². The van der Waals surface area contributed by atoms with Crippen LogP contribution in [-0.4, -0.2) is 0 Å². The molecule has 89 valence electrons. The van der Waals surface area contributed by atoms with E-state index in [0.717, 1.165) is 0 Å². The fourth-order valence-electron chi connectivity index (χ4n) is 2.58.